The van der Waals surface area contributed by atoms with E-state index >= 15 is 0 Å². The predicted octanol–water partition coefficient (Wildman–Crippen LogP) is 4.65. The van der Waals surface area contributed by atoms with Crippen LogP contribution in [0.1, 0.15) is 60.9 Å². The van der Waals surface area contributed by atoms with Gasteiger partial charge in [0.15, 0.2) is 0 Å². The molecular weight excluding hydrogens is 453 g/mol. The van der Waals surface area contributed by atoms with Gasteiger partial charge in [-0.05, 0) is 62.1 Å². The average molecular weight is 480 g/mol. The van der Waals surface area contributed by atoms with Gasteiger partial charge < -0.3 is 14.7 Å². The molecular formula is C23H27Cl2N3O4. The number of aliphatic hydroxyl groups excluding tert-OH is 1. The molecule has 0 bridgehead atoms. The van der Waals surface area contributed by atoms with Gasteiger partial charge in [-0.25, -0.2) is 9.97 Å². The summed E-state index contributed by atoms with van der Waals surface area (Å²) in [4.78, 5) is 33.9. The van der Waals surface area contributed by atoms with Gasteiger partial charge in [0.25, 0.3) is 5.91 Å². The van der Waals surface area contributed by atoms with Crippen LogP contribution in [-0.4, -0.2) is 46.7 Å². The lowest BCUT2D eigenvalue weighted by molar-refractivity contribution is -0.142. The van der Waals surface area contributed by atoms with Crippen molar-refractivity contribution in [1.82, 2.24) is 9.97 Å². The summed E-state index contributed by atoms with van der Waals surface area (Å²) >= 11 is 12.2. The van der Waals surface area contributed by atoms with Crippen molar-refractivity contribution in [2.45, 2.75) is 51.0 Å². The first-order chi connectivity index (χ1) is 15.3. The van der Waals surface area contributed by atoms with Gasteiger partial charge in [-0.2, -0.15) is 0 Å². The number of ether oxygens (including phenoxy) is 1. The van der Waals surface area contributed by atoms with Crippen molar-refractivity contribution in [3.63, 3.8) is 0 Å². The van der Waals surface area contributed by atoms with Crippen LogP contribution in [-0.2, 0) is 9.53 Å². The van der Waals surface area contributed by atoms with E-state index in [9.17, 15) is 14.7 Å². The molecule has 7 nitrogen and oxygen atoms in total. The Balaban J connectivity index is 1.76. The zero-order chi connectivity index (χ0) is 23.3. The molecule has 9 heteroatoms. The van der Waals surface area contributed by atoms with E-state index < -0.39 is 11.9 Å². The molecule has 1 amide bonds. The first-order valence-corrected chi connectivity index (χ1v) is 11.4. The third kappa shape index (κ3) is 5.57. The van der Waals surface area contributed by atoms with Crippen molar-refractivity contribution in [2.24, 2.45) is 5.92 Å². The van der Waals surface area contributed by atoms with E-state index in [4.69, 9.17) is 27.9 Å². The summed E-state index contributed by atoms with van der Waals surface area (Å²) in [6.45, 7) is 1.50. The maximum atomic E-state index is 13.3. The van der Waals surface area contributed by atoms with Crippen LogP contribution < -0.4 is 4.90 Å². The third-order valence-electron chi connectivity index (χ3n) is 6.06. The van der Waals surface area contributed by atoms with Crippen LogP contribution in [0.2, 0.25) is 10.3 Å². The molecule has 0 spiro atoms. The number of methoxy groups -OCH3 is 1. The van der Waals surface area contributed by atoms with Crippen molar-refractivity contribution >= 4 is 40.8 Å². The summed E-state index contributed by atoms with van der Waals surface area (Å²) in [5, 5.41) is 9.67. The second-order valence-corrected chi connectivity index (χ2v) is 8.84. The number of benzene rings is 1. The number of aliphatic hydroxyl groups is 1. The van der Waals surface area contributed by atoms with Crippen molar-refractivity contribution in [1.29, 1.82) is 0 Å². The number of aromatic nitrogens is 2. The number of carbonyl (C=O) groups excluding carboxylic acids is 2. The summed E-state index contributed by atoms with van der Waals surface area (Å²) < 4.78 is 4.78. The van der Waals surface area contributed by atoms with Crippen LogP contribution in [0.3, 0.4) is 0 Å². The molecule has 1 aliphatic rings. The van der Waals surface area contributed by atoms with Gasteiger partial charge in [-0.1, -0.05) is 35.3 Å². The van der Waals surface area contributed by atoms with E-state index in [1.807, 2.05) is 24.3 Å². The number of esters is 1. The summed E-state index contributed by atoms with van der Waals surface area (Å²) in [5.41, 5.74) is 1.81. The molecule has 1 aromatic carbocycles. The predicted molar refractivity (Wildman–Crippen MR) is 123 cm³/mol. The molecule has 1 N–H and O–H groups in total. The van der Waals surface area contributed by atoms with E-state index in [0.717, 1.165) is 25.7 Å². The third-order valence-corrected chi connectivity index (χ3v) is 6.64. The van der Waals surface area contributed by atoms with Crippen LogP contribution in [0.15, 0.2) is 30.6 Å². The molecule has 1 atom stereocenters. The molecule has 1 fully saturated rings. The van der Waals surface area contributed by atoms with Crippen molar-refractivity contribution in [3.8, 4) is 0 Å². The van der Waals surface area contributed by atoms with Gasteiger partial charge in [0.1, 0.15) is 22.2 Å². The van der Waals surface area contributed by atoms with Gasteiger partial charge in [0.2, 0.25) is 0 Å². The van der Waals surface area contributed by atoms with Crippen LogP contribution in [0, 0.1) is 5.92 Å². The minimum Gasteiger partial charge on any atom is -0.469 e. The minimum absolute atomic E-state index is 0.00383. The summed E-state index contributed by atoms with van der Waals surface area (Å²) in [5.74, 6) is 0.158. The fraction of sp³-hybridized carbons (Fsp3) is 0.478. The molecule has 0 unspecified atom stereocenters. The molecule has 32 heavy (non-hydrogen) atoms. The maximum absolute atomic E-state index is 13.3. The molecule has 0 aliphatic heterocycles. The first-order valence-electron chi connectivity index (χ1n) is 10.6. The highest BCUT2D eigenvalue weighted by atomic mass is 35.5. The lowest BCUT2D eigenvalue weighted by Gasteiger charge is -2.30. The SMILES string of the molecule is COC(=O)C[C@H]1CC[C@H](c2ccc(N(C(=O)c3c(Cl)ncnc3Cl)[C@H](C)CO)cc2)CC1. The van der Waals surface area contributed by atoms with Crippen LogP contribution in [0.4, 0.5) is 5.69 Å². The molecule has 172 valence electrons. The lowest BCUT2D eigenvalue weighted by Crippen LogP contribution is -2.41. The Kier molecular flexibility index (Phi) is 8.45. The van der Waals surface area contributed by atoms with E-state index in [1.165, 1.54) is 23.9 Å². The van der Waals surface area contributed by atoms with Crippen molar-refractivity contribution in [3.05, 3.63) is 52.0 Å². The molecule has 3 rings (SSSR count). The Labute approximate surface area is 197 Å². The number of hydrogen-bond acceptors (Lipinski definition) is 6. The minimum atomic E-state index is -0.505. The number of hydrogen-bond donors (Lipinski definition) is 1. The van der Waals surface area contributed by atoms with Gasteiger partial charge >= 0.3 is 5.97 Å². The second kappa shape index (κ2) is 11.1. The van der Waals surface area contributed by atoms with Gasteiger partial charge in [-0.15, -0.1) is 0 Å². The molecule has 1 saturated carbocycles. The Morgan fingerprint density at radius 2 is 1.72 bits per heavy atom. The number of halogens is 2. The monoisotopic (exact) mass is 479 g/mol. The van der Waals surface area contributed by atoms with E-state index in [2.05, 4.69) is 9.97 Å². The molecule has 0 saturated heterocycles. The van der Waals surface area contributed by atoms with Crippen LogP contribution in [0.25, 0.3) is 0 Å². The Morgan fingerprint density at radius 3 is 2.25 bits per heavy atom. The topological polar surface area (TPSA) is 92.6 Å². The fourth-order valence-electron chi connectivity index (χ4n) is 4.22. The molecule has 1 aliphatic carbocycles. The molecule has 0 radical (unpaired) electrons. The highest BCUT2D eigenvalue weighted by molar-refractivity contribution is 6.39. The number of amides is 1. The smallest absolute Gasteiger partial charge is 0.305 e. The number of carbonyl (C=O) groups is 2. The lowest BCUT2D eigenvalue weighted by atomic mass is 9.77. The highest BCUT2D eigenvalue weighted by Gasteiger charge is 2.29. The number of anilines is 1. The summed E-state index contributed by atoms with van der Waals surface area (Å²) in [6.07, 6.45) is 5.65. The van der Waals surface area contributed by atoms with Crippen molar-refractivity contribution in [2.75, 3.05) is 18.6 Å². The maximum Gasteiger partial charge on any atom is 0.305 e. The first kappa shape index (κ1) is 24.4. The van der Waals surface area contributed by atoms with Crippen LogP contribution in [0.5, 0.6) is 0 Å². The normalized spacial score (nSPS) is 19.3. The standard InChI is InChI=1S/C23H27Cl2N3O4/c1-14(12-29)28(23(31)20-21(24)26-13-27-22(20)25)18-9-7-17(8-10-18)16-5-3-15(4-6-16)11-19(30)32-2/h7-10,13-16,29H,3-6,11-12H2,1-2H3/t14-,15-,16-/m1/s1. The summed E-state index contributed by atoms with van der Waals surface area (Å²) in [6, 6.07) is 7.25. The molecule has 1 aromatic heterocycles. The number of nitrogens with zero attached hydrogens (tertiary/aromatic N) is 3. The zero-order valence-electron chi connectivity index (χ0n) is 18.1. The van der Waals surface area contributed by atoms with Crippen molar-refractivity contribution < 1.29 is 19.4 Å². The Bertz CT molecular complexity index is 927. The van der Waals surface area contributed by atoms with E-state index in [0.29, 0.717) is 23.9 Å². The fourth-order valence-corrected chi connectivity index (χ4v) is 4.70. The molecule has 2 aromatic rings. The van der Waals surface area contributed by atoms with E-state index in [-0.39, 0.29) is 28.4 Å². The van der Waals surface area contributed by atoms with E-state index in [1.54, 1.807) is 6.92 Å². The van der Waals surface area contributed by atoms with Gasteiger partial charge in [0, 0.05) is 12.1 Å². The quantitative estimate of drug-likeness (QED) is 0.458. The number of rotatable bonds is 7. The Morgan fingerprint density at radius 1 is 1.12 bits per heavy atom. The highest BCUT2D eigenvalue weighted by Crippen LogP contribution is 2.38. The molecule has 1 heterocycles. The van der Waals surface area contributed by atoms with Gasteiger partial charge in [0.05, 0.1) is 19.8 Å². The largest absolute Gasteiger partial charge is 0.469 e. The zero-order valence-corrected chi connectivity index (χ0v) is 19.6. The Hall–Kier alpha value is -2.22. The second-order valence-electron chi connectivity index (χ2n) is 8.13. The van der Waals surface area contributed by atoms with Gasteiger partial charge in [-0.3, -0.25) is 9.59 Å². The van der Waals surface area contributed by atoms with Crippen LogP contribution >= 0.6 is 23.2 Å². The summed E-state index contributed by atoms with van der Waals surface area (Å²) in [7, 11) is 1.42. The average Bonchev–Trinajstić information content (AvgIpc) is 2.80.